The van der Waals surface area contributed by atoms with Crippen LogP contribution in [0, 0.1) is 0 Å². The summed E-state index contributed by atoms with van der Waals surface area (Å²) in [4.78, 5) is 7.09. The number of nitrogens with zero attached hydrogens (tertiary/aromatic N) is 3. The van der Waals surface area contributed by atoms with Gasteiger partial charge in [0.15, 0.2) is 0 Å². The van der Waals surface area contributed by atoms with E-state index in [4.69, 9.17) is 0 Å². The topological polar surface area (TPSA) is 73.6 Å². The Bertz CT molecular complexity index is 1070. The van der Waals surface area contributed by atoms with Gasteiger partial charge in [0.25, 0.3) is 5.88 Å². The Kier molecular flexibility index (Phi) is 3.60. The third-order valence-corrected chi connectivity index (χ3v) is 4.03. The molecular weight excluding hydrogens is 380 g/mol. The van der Waals surface area contributed by atoms with E-state index in [1.54, 1.807) is 0 Å². The van der Waals surface area contributed by atoms with E-state index in [9.17, 15) is 34.8 Å². The van der Waals surface area contributed by atoms with Crippen molar-refractivity contribution in [2.75, 3.05) is 0 Å². The van der Waals surface area contributed by atoms with Gasteiger partial charge in [-0.2, -0.15) is 34.8 Å². The molecule has 0 saturated heterocycles. The van der Waals surface area contributed by atoms with Crippen molar-refractivity contribution in [2.24, 2.45) is 0 Å². The van der Waals surface area contributed by atoms with Gasteiger partial charge in [-0.3, -0.25) is 4.40 Å². The fourth-order valence-electron chi connectivity index (χ4n) is 2.02. The van der Waals surface area contributed by atoms with Gasteiger partial charge < -0.3 is 4.18 Å². The summed E-state index contributed by atoms with van der Waals surface area (Å²) in [5, 5.41) is 0. The maximum atomic E-state index is 12.8. The maximum Gasteiger partial charge on any atom is 0.534 e. The zero-order valence-electron chi connectivity index (χ0n) is 11.6. The first-order chi connectivity index (χ1) is 11.4. The summed E-state index contributed by atoms with van der Waals surface area (Å²) in [5.74, 6) is -1.09. The Morgan fingerprint density at radius 2 is 1.76 bits per heavy atom. The van der Waals surface area contributed by atoms with E-state index >= 15 is 0 Å². The summed E-state index contributed by atoms with van der Waals surface area (Å²) >= 11 is 0. The number of alkyl halides is 6. The lowest BCUT2D eigenvalue weighted by molar-refractivity contribution is -0.137. The van der Waals surface area contributed by atoms with Gasteiger partial charge in [-0.1, -0.05) is 0 Å². The van der Waals surface area contributed by atoms with Crippen LogP contribution in [-0.2, 0) is 16.3 Å². The summed E-state index contributed by atoms with van der Waals surface area (Å²) in [7, 11) is -6.07. The van der Waals surface area contributed by atoms with Gasteiger partial charge in [0.2, 0.25) is 5.65 Å². The van der Waals surface area contributed by atoms with Crippen molar-refractivity contribution in [2.45, 2.75) is 11.7 Å². The van der Waals surface area contributed by atoms with Crippen molar-refractivity contribution in [3.63, 3.8) is 0 Å². The molecule has 0 aliphatic carbocycles. The zero-order chi connectivity index (χ0) is 18.6. The third-order valence-electron chi connectivity index (χ3n) is 3.09. The van der Waals surface area contributed by atoms with Crippen LogP contribution in [-0.4, -0.2) is 28.3 Å². The zero-order valence-corrected chi connectivity index (χ0v) is 12.4. The Morgan fingerprint density at radius 3 is 2.36 bits per heavy atom. The summed E-state index contributed by atoms with van der Waals surface area (Å²) in [6.45, 7) is 0. The van der Waals surface area contributed by atoms with Gasteiger partial charge in [0.05, 0.1) is 16.6 Å². The second-order valence-corrected chi connectivity index (χ2v) is 6.26. The molecule has 0 aliphatic heterocycles. The summed E-state index contributed by atoms with van der Waals surface area (Å²) in [6, 6.07) is 2.33. The van der Waals surface area contributed by atoms with E-state index in [0.717, 1.165) is 22.7 Å². The Labute approximate surface area is 134 Å². The van der Waals surface area contributed by atoms with Crippen molar-refractivity contribution in [1.29, 1.82) is 0 Å². The fourth-order valence-corrected chi connectivity index (χ4v) is 2.43. The second-order valence-electron chi connectivity index (χ2n) is 4.72. The average Bonchev–Trinajstić information content (AvgIpc) is 2.94. The van der Waals surface area contributed by atoms with Crippen LogP contribution in [0.15, 0.2) is 30.6 Å². The van der Waals surface area contributed by atoms with Gasteiger partial charge in [-0.25, -0.2) is 9.97 Å². The molecule has 0 unspecified atom stereocenters. The molecule has 1 aromatic carbocycles. The summed E-state index contributed by atoms with van der Waals surface area (Å²) in [5.41, 5.74) is -7.61. The number of hydrogen-bond donors (Lipinski definition) is 0. The molecule has 6 nitrogen and oxygen atoms in total. The number of halogens is 6. The lowest BCUT2D eigenvalue weighted by atomic mass is 10.2. The minimum atomic E-state index is -6.07. The summed E-state index contributed by atoms with van der Waals surface area (Å²) < 4.78 is 103. The molecule has 0 aliphatic rings. The van der Waals surface area contributed by atoms with Gasteiger partial charge >= 0.3 is 21.8 Å². The Morgan fingerprint density at radius 1 is 1.08 bits per heavy atom. The monoisotopic (exact) mass is 385 g/mol. The highest BCUT2D eigenvalue weighted by Crippen LogP contribution is 2.33. The van der Waals surface area contributed by atoms with E-state index < -0.39 is 44.4 Å². The first-order valence-electron chi connectivity index (χ1n) is 6.25. The van der Waals surface area contributed by atoms with Crippen molar-refractivity contribution < 1.29 is 38.9 Å². The van der Waals surface area contributed by atoms with E-state index in [1.165, 1.54) is 6.20 Å². The quantitative estimate of drug-likeness (QED) is 0.385. The Balaban J connectivity index is 2.26. The number of fused-ring (bicyclic) bond motifs is 3. The number of rotatable bonds is 2. The first kappa shape index (κ1) is 17.3. The van der Waals surface area contributed by atoms with Crippen LogP contribution in [0.1, 0.15) is 5.56 Å². The molecule has 13 heteroatoms. The molecule has 0 spiro atoms. The molecule has 25 heavy (non-hydrogen) atoms. The van der Waals surface area contributed by atoms with Crippen LogP contribution in [0.3, 0.4) is 0 Å². The van der Waals surface area contributed by atoms with Gasteiger partial charge in [0, 0.05) is 12.4 Å². The normalized spacial score (nSPS) is 13.5. The second kappa shape index (κ2) is 5.21. The molecule has 2 aromatic heterocycles. The third kappa shape index (κ3) is 2.94. The number of benzene rings is 1. The van der Waals surface area contributed by atoms with Crippen molar-refractivity contribution in [3.8, 4) is 5.88 Å². The van der Waals surface area contributed by atoms with Crippen LogP contribution in [0.25, 0.3) is 16.7 Å². The lowest BCUT2D eigenvalue weighted by Crippen LogP contribution is -2.28. The van der Waals surface area contributed by atoms with Crippen LogP contribution in [0.5, 0.6) is 5.88 Å². The molecular formula is C12H5F6N3O3S. The van der Waals surface area contributed by atoms with Crippen molar-refractivity contribution in [3.05, 3.63) is 36.2 Å². The molecule has 3 aromatic rings. The molecule has 0 fully saturated rings. The van der Waals surface area contributed by atoms with E-state index in [-0.39, 0.29) is 5.52 Å². The number of imidazole rings is 1. The highest BCUT2D eigenvalue weighted by molar-refractivity contribution is 7.88. The summed E-state index contributed by atoms with van der Waals surface area (Å²) in [6.07, 6.45) is -2.42. The number of aromatic nitrogens is 3. The highest BCUT2D eigenvalue weighted by atomic mass is 32.2. The fraction of sp³-hybridized carbons (Fsp3) is 0.167. The SMILES string of the molecule is O=S(=O)(Oc1nc2cc(C(F)(F)F)ccc2n2ccnc12)C(F)(F)F. The lowest BCUT2D eigenvalue weighted by Gasteiger charge is -2.12. The minimum Gasteiger partial charge on any atom is -0.351 e. The molecule has 0 amide bonds. The smallest absolute Gasteiger partial charge is 0.351 e. The van der Waals surface area contributed by atoms with E-state index in [0.29, 0.717) is 6.07 Å². The van der Waals surface area contributed by atoms with Crippen LogP contribution < -0.4 is 4.18 Å². The molecule has 134 valence electrons. The minimum absolute atomic E-state index is 0.0669. The molecule has 0 bridgehead atoms. The van der Waals surface area contributed by atoms with E-state index in [1.807, 2.05) is 0 Å². The molecule has 0 radical (unpaired) electrons. The van der Waals surface area contributed by atoms with Gasteiger partial charge in [-0.15, -0.1) is 0 Å². The predicted octanol–water partition coefficient (Wildman–Crippen LogP) is 3.13. The van der Waals surface area contributed by atoms with Crippen LogP contribution in [0.4, 0.5) is 26.3 Å². The number of hydrogen-bond acceptors (Lipinski definition) is 5. The van der Waals surface area contributed by atoms with Crippen molar-refractivity contribution >= 4 is 26.8 Å². The largest absolute Gasteiger partial charge is 0.534 e. The molecule has 0 saturated carbocycles. The molecule has 0 atom stereocenters. The molecule has 2 heterocycles. The molecule has 3 rings (SSSR count). The molecule has 0 N–H and O–H groups in total. The maximum absolute atomic E-state index is 12.8. The van der Waals surface area contributed by atoms with Crippen molar-refractivity contribution in [1.82, 2.24) is 14.4 Å². The highest BCUT2D eigenvalue weighted by Gasteiger charge is 2.49. The first-order valence-corrected chi connectivity index (χ1v) is 7.66. The van der Waals surface area contributed by atoms with Crippen LogP contribution in [0.2, 0.25) is 0 Å². The predicted molar refractivity (Wildman–Crippen MR) is 71.1 cm³/mol. The van der Waals surface area contributed by atoms with E-state index in [2.05, 4.69) is 14.2 Å². The average molecular weight is 385 g/mol. The standard InChI is InChI=1S/C12H5F6N3O3S/c13-11(14,15)6-1-2-8-7(5-6)20-10(9-19-3-4-21(8)9)24-25(22,23)12(16,17)18/h1-5H. The van der Waals surface area contributed by atoms with Crippen LogP contribution >= 0.6 is 0 Å². The van der Waals surface area contributed by atoms with Gasteiger partial charge in [-0.05, 0) is 18.2 Å². The Hall–Kier alpha value is -2.57. The van der Waals surface area contributed by atoms with Gasteiger partial charge in [0.1, 0.15) is 0 Å².